The molecule has 2 aliphatic rings. The van der Waals surface area contributed by atoms with Gasteiger partial charge in [-0.1, -0.05) is 6.58 Å². The summed E-state index contributed by atoms with van der Waals surface area (Å²) in [7, 11) is 1.80. The van der Waals surface area contributed by atoms with Gasteiger partial charge < -0.3 is 20.2 Å². The molecule has 1 aromatic rings. The number of piperidine rings is 1. The molecule has 0 radical (unpaired) electrons. The molecule has 7 nitrogen and oxygen atoms in total. The lowest BCUT2D eigenvalue weighted by Crippen LogP contribution is -2.47. The molecule has 2 N–H and O–H groups in total. The minimum atomic E-state index is -0.464. The van der Waals surface area contributed by atoms with Crippen LogP contribution in [-0.4, -0.2) is 59.3 Å². The van der Waals surface area contributed by atoms with Crippen LogP contribution in [0.3, 0.4) is 0 Å². The smallest absolute Gasteiger partial charge is 0.253 e. The van der Waals surface area contributed by atoms with E-state index in [4.69, 9.17) is 0 Å². The van der Waals surface area contributed by atoms with E-state index < -0.39 is 5.91 Å². The van der Waals surface area contributed by atoms with E-state index in [1.807, 2.05) is 0 Å². The second-order valence-corrected chi connectivity index (χ2v) is 7.18. The van der Waals surface area contributed by atoms with E-state index in [1.54, 1.807) is 16.8 Å². The molecule has 2 heterocycles. The van der Waals surface area contributed by atoms with Crippen molar-refractivity contribution in [3.8, 4) is 5.75 Å². The van der Waals surface area contributed by atoms with Crippen molar-refractivity contribution in [3.05, 3.63) is 36.4 Å². The van der Waals surface area contributed by atoms with Crippen molar-refractivity contribution in [2.24, 2.45) is 5.41 Å². The largest absolute Gasteiger partial charge is 0.506 e. The number of hydrogen-bond acceptors (Lipinski definition) is 4. The molecule has 3 amide bonds. The van der Waals surface area contributed by atoms with Crippen LogP contribution < -0.4 is 5.32 Å². The molecule has 2 saturated heterocycles. The number of likely N-dealkylation sites (tertiary alicyclic amines) is 2. The molecule has 1 unspecified atom stereocenters. The van der Waals surface area contributed by atoms with Crippen LogP contribution in [0.1, 0.15) is 29.6 Å². The Morgan fingerprint density at radius 1 is 1.35 bits per heavy atom. The molecule has 3 rings (SSSR count). The molecule has 2 aliphatic heterocycles. The molecule has 0 bridgehead atoms. The van der Waals surface area contributed by atoms with E-state index in [0.29, 0.717) is 31.6 Å². The second kappa shape index (κ2) is 6.82. The highest BCUT2D eigenvalue weighted by molar-refractivity contribution is 6.02. The van der Waals surface area contributed by atoms with Crippen LogP contribution in [0.25, 0.3) is 0 Å². The van der Waals surface area contributed by atoms with Crippen molar-refractivity contribution in [2.45, 2.75) is 19.3 Å². The average Bonchev–Trinajstić information content (AvgIpc) is 2.89. The van der Waals surface area contributed by atoms with E-state index in [0.717, 1.165) is 18.9 Å². The Morgan fingerprint density at radius 3 is 2.77 bits per heavy atom. The topological polar surface area (TPSA) is 90.0 Å². The lowest BCUT2D eigenvalue weighted by Gasteiger charge is -2.39. The Morgan fingerprint density at radius 2 is 2.12 bits per heavy atom. The van der Waals surface area contributed by atoms with Crippen molar-refractivity contribution >= 4 is 23.4 Å². The summed E-state index contributed by atoms with van der Waals surface area (Å²) in [5, 5.41) is 12.4. The van der Waals surface area contributed by atoms with E-state index >= 15 is 0 Å². The quantitative estimate of drug-likeness (QED) is 0.635. The first-order valence-corrected chi connectivity index (χ1v) is 8.63. The molecule has 0 saturated carbocycles. The van der Waals surface area contributed by atoms with Gasteiger partial charge in [0.2, 0.25) is 11.8 Å². The number of phenolic OH excluding ortho intramolecular Hbond substituents is 1. The first-order valence-electron chi connectivity index (χ1n) is 8.63. The number of nitrogens with zero attached hydrogens (tertiary/aromatic N) is 2. The van der Waals surface area contributed by atoms with E-state index in [1.165, 1.54) is 18.2 Å². The Labute approximate surface area is 152 Å². The van der Waals surface area contributed by atoms with Crippen molar-refractivity contribution in [1.29, 1.82) is 0 Å². The zero-order chi connectivity index (χ0) is 18.9. The van der Waals surface area contributed by atoms with Gasteiger partial charge in [-0.25, -0.2) is 0 Å². The second-order valence-electron chi connectivity index (χ2n) is 7.18. The molecule has 0 aromatic heterocycles. The number of benzene rings is 1. The highest BCUT2D eigenvalue weighted by Gasteiger charge is 2.45. The molecule has 26 heavy (non-hydrogen) atoms. The zero-order valence-corrected chi connectivity index (χ0v) is 14.8. The molecular formula is C19H23N3O4. The molecular weight excluding hydrogens is 334 g/mol. The average molecular weight is 357 g/mol. The highest BCUT2D eigenvalue weighted by Crippen LogP contribution is 2.39. The Hall–Kier alpha value is -2.83. The summed E-state index contributed by atoms with van der Waals surface area (Å²) < 4.78 is 0. The number of phenols is 1. The molecule has 138 valence electrons. The molecule has 2 fully saturated rings. The number of aromatic hydroxyl groups is 1. The predicted molar refractivity (Wildman–Crippen MR) is 96.8 cm³/mol. The number of anilines is 1. The summed E-state index contributed by atoms with van der Waals surface area (Å²) in [6, 6.07) is 4.39. The SMILES string of the molecule is C=CC(=O)Nc1cc(C(=O)N2CCCC3(CC(=O)N(C)C3)C2)ccc1O. The van der Waals surface area contributed by atoms with Crippen LogP contribution in [0.2, 0.25) is 0 Å². The minimum Gasteiger partial charge on any atom is -0.506 e. The van der Waals surface area contributed by atoms with Crippen molar-refractivity contribution in [2.75, 3.05) is 32.0 Å². The van der Waals surface area contributed by atoms with Gasteiger partial charge in [0.05, 0.1) is 5.69 Å². The first kappa shape index (κ1) is 18.0. The van der Waals surface area contributed by atoms with Crippen LogP contribution >= 0.6 is 0 Å². The van der Waals surface area contributed by atoms with Gasteiger partial charge in [0, 0.05) is 44.1 Å². The Balaban J connectivity index is 1.78. The fourth-order valence-corrected chi connectivity index (χ4v) is 3.89. The number of hydrogen-bond donors (Lipinski definition) is 2. The Bertz CT molecular complexity index is 776. The van der Waals surface area contributed by atoms with Gasteiger partial charge in [0.25, 0.3) is 5.91 Å². The highest BCUT2D eigenvalue weighted by atomic mass is 16.3. The third kappa shape index (κ3) is 3.42. The monoisotopic (exact) mass is 357 g/mol. The zero-order valence-electron chi connectivity index (χ0n) is 14.8. The van der Waals surface area contributed by atoms with Gasteiger partial charge in [-0.15, -0.1) is 0 Å². The van der Waals surface area contributed by atoms with Crippen molar-refractivity contribution in [1.82, 2.24) is 9.80 Å². The maximum absolute atomic E-state index is 12.9. The standard InChI is InChI=1S/C19H23N3O4/c1-3-16(24)20-14-9-13(5-6-15(14)23)18(26)22-8-4-7-19(12-22)10-17(25)21(2)11-19/h3,5-6,9,23H,1,4,7-8,10-12H2,2H3,(H,20,24). The van der Waals surface area contributed by atoms with Crippen LogP contribution in [0.15, 0.2) is 30.9 Å². The van der Waals surface area contributed by atoms with Gasteiger partial charge in [-0.3, -0.25) is 14.4 Å². The third-order valence-electron chi connectivity index (χ3n) is 5.16. The van der Waals surface area contributed by atoms with Gasteiger partial charge in [-0.05, 0) is 37.1 Å². The number of carbonyl (C=O) groups excluding carboxylic acids is 3. The molecule has 7 heteroatoms. The third-order valence-corrected chi connectivity index (χ3v) is 5.16. The lowest BCUT2D eigenvalue weighted by atomic mass is 9.79. The van der Waals surface area contributed by atoms with Gasteiger partial charge in [0.15, 0.2) is 0 Å². The number of rotatable bonds is 3. The summed E-state index contributed by atoms with van der Waals surface area (Å²) in [5.41, 5.74) is 0.386. The number of amides is 3. The van der Waals surface area contributed by atoms with Crippen LogP contribution in [0.4, 0.5) is 5.69 Å². The maximum atomic E-state index is 12.9. The number of nitrogens with one attached hydrogen (secondary N) is 1. The summed E-state index contributed by atoms with van der Waals surface area (Å²) in [4.78, 5) is 39.9. The lowest BCUT2D eigenvalue weighted by molar-refractivity contribution is -0.126. The summed E-state index contributed by atoms with van der Waals surface area (Å²) in [6.07, 6.45) is 3.35. The normalized spacial score (nSPS) is 22.6. The molecule has 1 aromatic carbocycles. The van der Waals surface area contributed by atoms with Crippen molar-refractivity contribution in [3.63, 3.8) is 0 Å². The summed E-state index contributed by atoms with van der Waals surface area (Å²) in [6.45, 7) is 5.21. The summed E-state index contributed by atoms with van der Waals surface area (Å²) >= 11 is 0. The number of carbonyl (C=O) groups is 3. The van der Waals surface area contributed by atoms with E-state index in [-0.39, 0.29) is 28.7 Å². The van der Waals surface area contributed by atoms with E-state index in [2.05, 4.69) is 11.9 Å². The fourth-order valence-electron chi connectivity index (χ4n) is 3.89. The van der Waals surface area contributed by atoms with Crippen LogP contribution in [0.5, 0.6) is 5.75 Å². The predicted octanol–water partition coefficient (Wildman–Crippen LogP) is 1.60. The van der Waals surface area contributed by atoms with Gasteiger partial charge in [-0.2, -0.15) is 0 Å². The van der Waals surface area contributed by atoms with E-state index in [9.17, 15) is 19.5 Å². The first-order chi connectivity index (χ1) is 12.3. The molecule has 1 atom stereocenters. The van der Waals surface area contributed by atoms with Crippen molar-refractivity contribution < 1.29 is 19.5 Å². The van der Waals surface area contributed by atoms with Crippen LogP contribution in [-0.2, 0) is 9.59 Å². The maximum Gasteiger partial charge on any atom is 0.253 e. The van der Waals surface area contributed by atoms with Crippen LogP contribution in [0, 0.1) is 5.41 Å². The summed E-state index contributed by atoms with van der Waals surface area (Å²) in [5.74, 6) is -0.622. The minimum absolute atomic E-state index is 0.116. The van der Waals surface area contributed by atoms with Gasteiger partial charge >= 0.3 is 0 Å². The van der Waals surface area contributed by atoms with Gasteiger partial charge in [0.1, 0.15) is 5.75 Å². The Kier molecular flexibility index (Phi) is 4.71. The molecule has 0 aliphatic carbocycles. The fraction of sp³-hybridized carbons (Fsp3) is 0.421. The molecule has 1 spiro atoms.